The van der Waals surface area contributed by atoms with E-state index in [-0.39, 0.29) is 17.8 Å². The Labute approximate surface area is 174 Å². The topological polar surface area (TPSA) is 131 Å². The number of hydrogen-bond acceptors (Lipinski definition) is 4. The lowest BCUT2D eigenvalue weighted by atomic mass is 10.0. The first kappa shape index (κ1) is 19.8. The second kappa shape index (κ2) is 8.06. The summed E-state index contributed by atoms with van der Waals surface area (Å²) < 4.78 is 1.75. The molecule has 4 rings (SSSR count). The fourth-order valence-electron chi connectivity index (χ4n) is 3.67. The molecule has 6 N–H and O–H groups in total. The number of aromatic nitrogens is 4. The number of H-pyrrole nitrogens is 1. The molecule has 8 heteroatoms. The summed E-state index contributed by atoms with van der Waals surface area (Å²) in [7, 11) is 0. The monoisotopic (exact) mass is 405 g/mol. The maximum absolute atomic E-state index is 11.1. The van der Waals surface area contributed by atoms with Gasteiger partial charge in [0, 0.05) is 41.3 Å². The molecule has 1 unspecified atom stereocenters. The highest BCUT2D eigenvalue weighted by molar-refractivity contribution is 5.96. The lowest BCUT2D eigenvalue weighted by molar-refractivity contribution is 0.449. The van der Waals surface area contributed by atoms with Crippen molar-refractivity contribution in [1.82, 2.24) is 19.4 Å². The molecular weight excluding hydrogens is 378 g/mol. The Kier molecular flexibility index (Phi) is 5.31. The Morgan fingerprint density at radius 2 is 2.07 bits per heavy atom. The van der Waals surface area contributed by atoms with Gasteiger partial charge in [-0.1, -0.05) is 32.0 Å². The summed E-state index contributed by atoms with van der Waals surface area (Å²) in [6.45, 7) is 4.79. The van der Waals surface area contributed by atoms with Gasteiger partial charge in [-0.05, 0) is 25.3 Å². The predicted molar refractivity (Wildman–Crippen MR) is 120 cm³/mol. The van der Waals surface area contributed by atoms with Crippen LogP contribution in [0.1, 0.15) is 44.0 Å². The van der Waals surface area contributed by atoms with E-state index in [2.05, 4.69) is 23.8 Å². The number of rotatable bonds is 7. The number of aliphatic imine (C=N–C) groups is 1. The van der Waals surface area contributed by atoms with Gasteiger partial charge in [0.15, 0.2) is 11.6 Å². The number of guanidine groups is 1. The first-order valence-electron chi connectivity index (χ1n) is 10.2. The first-order valence-corrected chi connectivity index (χ1v) is 10.2. The summed E-state index contributed by atoms with van der Waals surface area (Å²) in [6, 6.07) is 7.99. The van der Waals surface area contributed by atoms with Crippen molar-refractivity contribution in [3.05, 3.63) is 48.0 Å². The number of nitrogens with one attached hydrogen (secondary N) is 1. The van der Waals surface area contributed by atoms with Crippen molar-refractivity contribution < 1.29 is 5.11 Å². The highest BCUT2D eigenvalue weighted by Crippen LogP contribution is 2.36. The molecule has 1 aromatic carbocycles. The maximum Gasteiger partial charge on any atom is 0.224 e. The van der Waals surface area contributed by atoms with E-state index < -0.39 is 0 Å². The van der Waals surface area contributed by atoms with Crippen LogP contribution >= 0.6 is 0 Å². The Bertz CT molecular complexity index is 1220. The average molecular weight is 406 g/mol. The standard InChI is InChI=1S/C22H27N7O/c1-3-13(2)18-20-28-19(16-11-26-17-9-5-4-8-15(16)17)21(30)29(20)12-14(27-18)7-6-10-25-22(23)24/h4-5,8-9,11-13,26,30H,3,6-7,10H2,1-2H3,(H4,23,24,25). The van der Waals surface area contributed by atoms with Gasteiger partial charge in [-0.15, -0.1) is 0 Å². The third-order valence-electron chi connectivity index (χ3n) is 5.47. The minimum atomic E-state index is 0.0920. The third-order valence-corrected chi connectivity index (χ3v) is 5.47. The molecule has 0 aliphatic carbocycles. The van der Waals surface area contributed by atoms with Crippen LogP contribution in [0.15, 0.2) is 41.7 Å². The smallest absolute Gasteiger partial charge is 0.224 e. The van der Waals surface area contributed by atoms with E-state index >= 15 is 0 Å². The quantitative estimate of drug-likeness (QED) is 0.213. The lowest BCUT2D eigenvalue weighted by Gasteiger charge is -2.12. The molecule has 0 bridgehead atoms. The second-order valence-corrected chi connectivity index (χ2v) is 7.56. The summed E-state index contributed by atoms with van der Waals surface area (Å²) in [6.07, 6.45) is 6.14. The van der Waals surface area contributed by atoms with E-state index in [1.165, 1.54) is 0 Å². The largest absolute Gasteiger partial charge is 0.493 e. The van der Waals surface area contributed by atoms with Gasteiger partial charge in [0.05, 0.1) is 11.4 Å². The van der Waals surface area contributed by atoms with Crippen LogP contribution in [-0.4, -0.2) is 37.0 Å². The number of para-hydroxylation sites is 1. The number of benzene rings is 1. The van der Waals surface area contributed by atoms with Gasteiger partial charge in [-0.2, -0.15) is 0 Å². The molecular formula is C22H27N7O. The number of nitrogens with two attached hydrogens (primary N) is 2. The zero-order valence-electron chi connectivity index (χ0n) is 17.3. The molecule has 156 valence electrons. The van der Waals surface area contributed by atoms with Gasteiger partial charge >= 0.3 is 0 Å². The molecule has 0 aliphatic rings. The second-order valence-electron chi connectivity index (χ2n) is 7.56. The molecule has 1 atom stereocenters. The van der Waals surface area contributed by atoms with E-state index in [4.69, 9.17) is 21.4 Å². The SMILES string of the molecule is CCC(C)c1nc(CCCN=C(N)N)cn2c(O)c(-c3c[nH]c4ccccc34)nc12. The van der Waals surface area contributed by atoms with Gasteiger partial charge in [0.25, 0.3) is 0 Å². The van der Waals surface area contributed by atoms with Gasteiger partial charge in [0.2, 0.25) is 5.88 Å². The zero-order chi connectivity index (χ0) is 21.3. The molecule has 0 radical (unpaired) electrons. The fraction of sp³-hybridized carbons (Fsp3) is 0.318. The number of aromatic amines is 1. The van der Waals surface area contributed by atoms with E-state index in [0.717, 1.165) is 40.7 Å². The molecule has 0 saturated heterocycles. The van der Waals surface area contributed by atoms with Crippen molar-refractivity contribution in [2.45, 2.75) is 39.0 Å². The molecule has 0 fully saturated rings. The van der Waals surface area contributed by atoms with Gasteiger partial charge < -0.3 is 21.6 Å². The molecule has 4 aromatic rings. The van der Waals surface area contributed by atoms with Crippen molar-refractivity contribution in [2.24, 2.45) is 16.5 Å². The number of nitrogens with zero attached hydrogens (tertiary/aromatic N) is 4. The highest BCUT2D eigenvalue weighted by Gasteiger charge is 2.21. The summed E-state index contributed by atoms with van der Waals surface area (Å²) >= 11 is 0. The average Bonchev–Trinajstić information content (AvgIpc) is 3.31. The minimum absolute atomic E-state index is 0.0920. The Morgan fingerprint density at radius 1 is 1.27 bits per heavy atom. The lowest BCUT2D eigenvalue weighted by Crippen LogP contribution is -2.23. The Morgan fingerprint density at radius 3 is 2.83 bits per heavy atom. The van der Waals surface area contributed by atoms with Crippen molar-refractivity contribution in [1.29, 1.82) is 0 Å². The molecule has 8 nitrogen and oxygen atoms in total. The van der Waals surface area contributed by atoms with Crippen LogP contribution < -0.4 is 11.5 Å². The van der Waals surface area contributed by atoms with Crippen molar-refractivity contribution >= 4 is 22.5 Å². The maximum atomic E-state index is 11.1. The van der Waals surface area contributed by atoms with Crippen molar-refractivity contribution in [3.63, 3.8) is 0 Å². The van der Waals surface area contributed by atoms with E-state index in [9.17, 15) is 5.11 Å². The Balaban J connectivity index is 1.81. The van der Waals surface area contributed by atoms with Gasteiger partial charge in [-0.25, -0.2) is 4.98 Å². The van der Waals surface area contributed by atoms with Crippen molar-refractivity contribution in [3.8, 4) is 17.1 Å². The predicted octanol–water partition coefficient (Wildman–Crippen LogP) is 3.30. The third kappa shape index (κ3) is 3.56. The minimum Gasteiger partial charge on any atom is -0.493 e. The zero-order valence-corrected chi connectivity index (χ0v) is 17.3. The number of hydrogen-bond donors (Lipinski definition) is 4. The van der Waals surface area contributed by atoms with E-state index in [1.807, 2.05) is 36.7 Å². The Hall–Kier alpha value is -3.55. The first-order chi connectivity index (χ1) is 14.5. The van der Waals surface area contributed by atoms with Crippen LogP contribution in [0.2, 0.25) is 0 Å². The molecule has 0 amide bonds. The summed E-state index contributed by atoms with van der Waals surface area (Å²) in [5.41, 5.74) is 15.7. The molecule has 30 heavy (non-hydrogen) atoms. The molecule has 0 aliphatic heterocycles. The van der Waals surface area contributed by atoms with Crippen molar-refractivity contribution in [2.75, 3.05) is 6.54 Å². The summed E-state index contributed by atoms with van der Waals surface area (Å²) in [4.78, 5) is 17.0. The van der Waals surface area contributed by atoms with E-state index in [0.29, 0.717) is 24.3 Å². The van der Waals surface area contributed by atoms with Crippen LogP contribution in [0.4, 0.5) is 0 Å². The van der Waals surface area contributed by atoms with Crippen LogP contribution in [0, 0.1) is 0 Å². The van der Waals surface area contributed by atoms with Crippen LogP contribution in [0.5, 0.6) is 5.88 Å². The number of aromatic hydroxyl groups is 1. The van der Waals surface area contributed by atoms with Crippen LogP contribution in [0.25, 0.3) is 27.8 Å². The summed E-state index contributed by atoms with van der Waals surface area (Å²) in [5.74, 6) is 0.421. The number of imidazole rings is 1. The summed E-state index contributed by atoms with van der Waals surface area (Å²) in [5, 5.41) is 12.1. The normalized spacial score (nSPS) is 12.5. The highest BCUT2D eigenvalue weighted by atomic mass is 16.3. The number of fused-ring (bicyclic) bond motifs is 2. The molecule has 3 heterocycles. The number of aryl methyl sites for hydroxylation is 1. The van der Waals surface area contributed by atoms with Crippen LogP contribution in [0.3, 0.4) is 0 Å². The van der Waals surface area contributed by atoms with E-state index in [1.54, 1.807) is 4.40 Å². The fourth-order valence-corrected chi connectivity index (χ4v) is 3.67. The van der Waals surface area contributed by atoms with Gasteiger partial charge in [-0.3, -0.25) is 14.4 Å². The molecule has 3 aromatic heterocycles. The van der Waals surface area contributed by atoms with Gasteiger partial charge in [0.1, 0.15) is 5.69 Å². The van der Waals surface area contributed by atoms with Crippen LogP contribution in [-0.2, 0) is 6.42 Å². The molecule has 0 saturated carbocycles. The molecule has 0 spiro atoms.